The molecule has 0 spiro atoms. The van der Waals surface area contributed by atoms with E-state index in [1.165, 1.54) is 6.07 Å². The lowest BCUT2D eigenvalue weighted by Crippen LogP contribution is -2.12. The molecule has 0 unspecified atom stereocenters. The van der Waals surface area contributed by atoms with Crippen LogP contribution in [0.4, 0.5) is 5.69 Å². The van der Waals surface area contributed by atoms with Gasteiger partial charge in [0.25, 0.3) is 0 Å². The van der Waals surface area contributed by atoms with Crippen LogP contribution in [0.5, 0.6) is 11.5 Å². The van der Waals surface area contributed by atoms with Gasteiger partial charge in [-0.1, -0.05) is 28.1 Å². The number of hydrogen-bond donors (Lipinski definition) is 2. The standard InChI is InChI=1S/C14H12BrN3O3/c1-8-6-9(15)7-11(18(19)20)13(8)21-12-5-3-2-4-10(12)14(16)17/h2-7H,1H3,(H3,16,17). The van der Waals surface area contributed by atoms with E-state index in [1.807, 2.05) is 0 Å². The maximum atomic E-state index is 11.2. The number of nitrogens with zero attached hydrogens (tertiary/aromatic N) is 1. The van der Waals surface area contributed by atoms with E-state index < -0.39 is 4.92 Å². The smallest absolute Gasteiger partial charge is 0.312 e. The number of para-hydroxylation sites is 1. The van der Waals surface area contributed by atoms with E-state index >= 15 is 0 Å². The monoisotopic (exact) mass is 349 g/mol. The number of benzene rings is 2. The highest BCUT2D eigenvalue weighted by Crippen LogP contribution is 2.38. The summed E-state index contributed by atoms with van der Waals surface area (Å²) in [5.74, 6) is 0.276. The maximum absolute atomic E-state index is 11.2. The van der Waals surface area contributed by atoms with Crippen molar-refractivity contribution in [1.29, 1.82) is 5.41 Å². The zero-order valence-electron chi connectivity index (χ0n) is 11.1. The quantitative estimate of drug-likeness (QED) is 0.379. The summed E-state index contributed by atoms with van der Waals surface area (Å²) in [6, 6.07) is 9.76. The number of nitro benzene ring substituents is 1. The molecule has 6 nitrogen and oxygen atoms in total. The van der Waals surface area contributed by atoms with Crippen LogP contribution in [0.25, 0.3) is 0 Å². The molecular weight excluding hydrogens is 338 g/mol. The van der Waals surface area contributed by atoms with Crippen LogP contribution in [0.2, 0.25) is 0 Å². The Labute approximate surface area is 129 Å². The molecule has 0 radical (unpaired) electrons. The molecule has 2 aromatic rings. The van der Waals surface area contributed by atoms with Gasteiger partial charge in [0.15, 0.2) is 0 Å². The molecule has 0 saturated carbocycles. The molecule has 2 aromatic carbocycles. The van der Waals surface area contributed by atoms with Gasteiger partial charge in [-0.25, -0.2) is 0 Å². The Morgan fingerprint density at radius 1 is 1.38 bits per heavy atom. The number of nitro groups is 1. The van der Waals surface area contributed by atoms with E-state index in [0.717, 1.165) is 0 Å². The van der Waals surface area contributed by atoms with Crippen molar-refractivity contribution in [3.8, 4) is 11.5 Å². The van der Waals surface area contributed by atoms with E-state index in [0.29, 0.717) is 21.3 Å². The van der Waals surface area contributed by atoms with E-state index in [2.05, 4.69) is 15.9 Å². The first-order valence-electron chi connectivity index (χ1n) is 5.96. The summed E-state index contributed by atoms with van der Waals surface area (Å²) >= 11 is 3.22. The minimum absolute atomic E-state index is 0.136. The first-order valence-corrected chi connectivity index (χ1v) is 6.75. The topological polar surface area (TPSA) is 102 Å². The first-order chi connectivity index (χ1) is 9.90. The van der Waals surface area contributed by atoms with Crippen molar-refractivity contribution in [3.05, 3.63) is 62.1 Å². The zero-order chi connectivity index (χ0) is 15.6. The SMILES string of the molecule is Cc1cc(Br)cc([N+](=O)[O-])c1Oc1ccccc1C(=N)N. The number of amidine groups is 1. The molecule has 0 aliphatic heterocycles. The molecule has 0 aliphatic rings. The second-order valence-corrected chi connectivity index (χ2v) is 5.26. The van der Waals surface area contributed by atoms with Crippen LogP contribution in [0, 0.1) is 22.4 Å². The Morgan fingerprint density at radius 3 is 2.67 bits per heavy atom. The Morgan fingerprint density at radius 2 is 2.05 bits per heavy atom. The van der Waals surface area contributed by atoms with Gasteiger partial charge in [0.1, 0.15) is 11.6 Å². The average molecular weight is 350 g/mol. The number of rotatable bonds is 4. The van der Waals surface area contributed by atoms with Crippen LogP contribution in [-0.4, -0.2) is 10.8 Å². The van der Waals surface area contributed by atoms with Gasteiger partial charge in [0, 0.05) is 10.5 Å². The summed E-state index contributed by atoms with van der Waals surface area (Å²) in [7, 11) is 0. The predicted molar refractivity (Wildman–Crippen MR) is 83.1 cm³/mol. The van der Waals surface area contributed by atoms with Crippen LogP contribution in [-0.2, 0) is 0 Å². The highest BCUT2D eigenvalue weighted by atomic mass is 79.9. The first kappa shape index (κ1) is 15.0. The summed E-state index contributed by atoms with van der Waals surface area (Å²) in [5, 5.41) is 18.7. The molecular formula is C14H12BrN3O3. The molecule has 108 valence electrons. The molecule has 0 aliphatic carbocycles. The summed E-state index contributed by atoms with van der Waals surface area (Å²) < 4.78 is 6.26. The lowest BCUT2D eigenvalue weighted by molar-refractivity contribution is -0.385. The van der Waals surface area contributed by atoms with Crippen LogP contribution >= 0.6 is 15.9 Å². The van der Waals surface area contributed by atoms with Gasteiger partial charge in [-0.2, -0.15) is 0 Å². The Bertz CT molecular complexity index is 731. The second-order valence-electron chi connectivity index (χ2n) is 4.34. The number of hydrogen-bond acceptors (Lipinski definition) is 4. The third-order valence-electron chi connectivity index (χ3n) is 2.81. The van der Waals surface area contributed by atoms with Crippen molar-refractivity contribution >= 4 is 27.5 Å². The fraction of sp³-hybridized carbons (Fsp3) is 0.0714. The molecule has 0 atom stereocenters. The largest absolute Gasteiger partial charge is 0.449 e. The fourth-order valence-corrected chi connectivity index (χ4v) is 2.43. The molecule has 0 amide bonds. The van der Waals surface area contributed by atoms with Gasteiger partial charge in [-0.3, -0.25) is 15.5 Å². The Kier molecular flexibility index (Phi) is 4.23. The molecule has 0 heterocycles. The van der Waals surface area contributed by atoms with Crippen LogP contribution in [0.1, 0.15) is 11.1 Å². The third-order valence-corrected chi connectivity index (χ3v) is 3.26. The van der Waals surface area contributed by atoms with Crippen LogP contribution in [0.3, 0.4) is 0 Å². The minimum Gasteiger partial charge on any atom is -0.449 e. The number of aryl methyl sites for hydroxylation is 1. The van der Waals surface area contributed by atoms with Crippen molar-refractivity contribution in [2.45, 2.75) is 6.92 Å². The number of ether oxygens (including phenoxy) is 1. The summed E-state index contributed by atoms with van der Waals surface area (Å²) in [4.78, 5) is 10.7. The summed E-state index contributed by atoms with van der Waals surface area (Å²) in [6.07, 6.45) is 0. The van der Waals surface area contributed by atoms with Gasteiger partial charge in [0.2, 0.25) is 5.75 Å². The van der Waals surface area contributed by atoms with E-state index in [9.17, 15) is 10.1 Å². The highest BCUT2D eigenvalue weighted by Gasteiger charge is 2.21. The van der Waals surface area contributed by atoms with Gasteiger partial charge in [-0.15, -0.1) is 0 Å². The summed E-state index contributed by atoms with van der Waals surface area (Å²) in [5.41, 5.74) is 6.33. The molecule has 3 N–H and O–H groups in total. The third kappa shape index (κ3) is 3.19. The molecule has 0 bridgehead atoms. The maximum Gasteiger partial charge on any atom is 0.312 e. The zero-order valence-corrected chi connectivity index (χ0v) is 12.7. The van der Waals surface area contributed by atoms with Crippen molar-refractivity contribution in [3.63, 3.8) is 0 Å². The predicted octanol–water partition coefficient (Wildman–Crippen LogP) is 3.74. The lowest BCUT2D eigenvalue weighted by atomic mass is 10.1. The van der Waals surface area contributed by atoms with Crippen molar-refractivity contribution in [1.82, 2.24) is 0 Å². The van der Waals surface area contributed by atoms with Crippen molar-refractivity contribution in [2.24, 2.45) is 5.73 Å². The Balaban J connectivity index is 2.55. The Hall–Kier alpha value is -2.41. The summed E-state index contributed by atoms with van der Waals surface area (Å²) in [6.45, 7) is 1.71. The van der Waals surface area contributed by atoms with Gasteiger partial charge < -0.3 is 10.5 Å². The second kappa shape index (κ2) is 5.92. The molecule has 21 heavy (non-hydrogen) atoms. The van der Waals surface area contributed by atoms with Crippen LogP contribution < -0.4 is 10.5 Å². The number of nitrogens with two attached hydrogens (primary N) is 1. The molecule has 0 saturated heterocycles. The van der Waals surface area contributed by atoms with Crippen LogP contribution in [0.15, 0.2) is 40.9 Å². The molecule has 2 rings (SSSR count). The highest BCUT2D eigenvalue weighted by molar-refractivity contribution is 9.10. The minimum atomic E-state index is -0.510. The van der Waals surface area contributed by atoms with Crippen molar-refractivity contribution < 1.29 is 9.66 Å². The van der Waals surface area contributed by atoms with E-state index in [-0.39, 0.29) is 17.3 Å². The molecule has 0 aromatic heterocycles. The number of halogens is 1. The van der Waals surface area contributed by atoms with E-state index in [4.69, 9.17) is 15.9 Å². The van der Waals surface area contributed by atoms with Gasteiger partial charge in [-0.05, 0) is 30.7 Å². The lowest BCUT2D eigenvalue weighted by Gasteiger charge is -2.12. The number of nitrogen functional groups attached to an aromatic ring is 1. The fourth-order valence-electron chi connectivity index (χ4n) is 1.87. The molecule has 0 fully saturated rings. The van der Waals surface area contributed by atoms with Crippen molar-refractivity contribution in [2.75, 3.05) is 0 Å². The normalized spacial score (nSPS) is 10.2. The number of nitrogens with one attached hydrogen (secondary N) is 1. The average Bonchev–Trinajstić information content (AvgIpc) is 2.41. The van der Waals surface area contributed by atoms with E-state index in [1.54, 1.807) is 37.3 Å². The molecule has 7 heteroatoms. The van der Waals surface area contributed by atoms with Gasteiger partial charge in [0.05, 0.1) is 10.5 Å². The van der Waals surface area contributed by atoms with Gasteiger partial charge >= 0.3 is 5.69 Å².